The van der Waals surface area contributed by atoms with E-state index < -0.39 is 27.5 Å². The van der Waals surface area contributed by atoms with Crippen LogP contribution in [0.15, 0.2) is 33.6 Å². The summed E-state index contributed by atoms with van der Waals surface area (Å²) in [6.07, 6.45) is -4.31. The molecule has 0 atom stereocenters. The quantitative estimate of drug-likeness (QED) is 0.802. The lowest BCUT2D eigenvalue weighted by atomic mass is 9.83. The Kier molecular flexibility index (Phi) is 3.26. The van der Waals surface area contributed by atoms with Gasteiger partial charge >= 0.3 is 6.18 Å². The van der Waals surface area contributed by atoms with Crippen molar-refractivity contribution in [1.29, 1.82) is 0 Å². The van der Waals surface area contributed by atoms with Crippen LogP contribution in [0.1, 0.15) is 25.7 Å². The molecule has 2 N–H and O–H groups in total. The molecule has 5 nitrogen and oxygen atoms in total. The van der Waals surface area contributed by atoms with Crippen molar-refractivity contribution in [2.75, 3.05) is 5.01 Å². The molecular formula is C13H14F3N3O2S. The van der Waals surface area contributed by atoms with Crippen molar-refractivity contribution < 1.29 is 21.6 Å². The maximum Gasteiger partial charge on any atom is 0.401 e. The molecule has 1 heterocycles. The molecule has 22 heavy (non-hydrogen) atoms. The Hall–Kier alpha value is -1.61. The number of alkyl halides is 3. The minimum absolute atomic E-state index is 0.0167. The van der Waals surface area contributed by atoms with Crippen LogP contribution >= 0.6 is 0 Å². The Morgan fingerprint density at radius 1 is 1.18 bits per heavy atom. The van der Waals surface area contributed by atoms with E-state index in [1.165, 1.54) is 24.3 Å². The first-order chi connectivity index (χ1) is 10.2. The number of hydrogen-bond donors (Lipinski definition) is 1. The molecule has 0 radical (unpaired) electrons. The Balaban J connectivity index is 2.22. The number of nitrogens with two attached hydrogens (primary N) is 1. The number of para-hydroxylation sites is 1. The van der Waals surface area contributed by atoms with E-state index in [0.29, 0.717) is 12.8 Å². The molecule has 1 aliphatic heterocycles. The van der Waals surface area contributed by atoms with Gasteiger partial charge in [-0.15, -0.1) is 4.40 Å². The fourth-order valence-corrected chi connectivity index (χ4v) is 4.40. The molecule has 0 unspecified atom stereocenters. The Bertz CT molecular complexity index is 737. The van der Waals surface area contributed by atoms with Crippen LogP contribution < -0.4 is 10.9 Å². The van der Waals surface area contributed by atoms with Gasteiger partial charge in [-0.1, -0.05) is 25.0 Å². The molecule has 0 bridgehead atoms. The molecule has 3 rings (SSSR count). The fourth-order valence-electron chi connectivity index (χ4n) is 3.13. The van der Waals surface area contributed by atoms with Crippen LogP contribution in [0, 0.1) is 5.41 Å². The average Bonchev–Trinajstić information content (AvgIpc) is 2.93. The third kappa shape index (κ3) is 2.03. The second-order valence-electron chi connectivity index (χ2n) is 5.51. The van der Waals surface area contributed by atoms with Crippen LogP contribution in [0.25, 0.3) is 0 Å². The number of sulfonamides is 1. The van der Waals surface area contributed by atoms with Gasteiger partial charge < -0.3 is 0 Å². The van der Waals surface area contributed by atoms with Crippen molar-refractivity contribution in [3.8, 4) is 0 Å². The lowest BCUT2D eigenvalue weighted by Crippen LogP contribution is -2.55. The second kappa shape index (κ2) is 4.69. The second-order valence-corrected chi connectivity index (χ2v) is 7.09. The third-order valence-electron chi connectivity index (χ3n) is 4.27. The minimum atomic E-state index is -4.61. The third-order valence-corrected chi connectivity index (χ3v) is 5.58. The zero-order valence-electron chi connectivity index (χ0n) is 11.5. The summed E-state index contributed by atoms with van der Waals surface area (Å²) in [6.45, 7) is 0. The first-order valence-electron chi connectivity index (χ1n) is 6.75. The molecule has 0 amide bonds. The van der Waals surface area contributed by atoms with E-state index in [9.17, 15) is 21.6 Å². The van der Waals surface area contributed by atoms with Crippen molar-refractivity contribution in [1.82, 2.24) is 0 Å². The van der Waals surface area contributed by atoms with Gasteiger partial charge in [-0.05, 0) is 25.0 Å². The maximum atomic E-state index is 13.6. The van der Waals surface area contributed by atoms with E-state index in [-0.39, 0.29) is 23.4 Å². The number of hydrogen-bond acceptors (Lipinski definition) is 4. The van der Waals surface area contributed by atoms with Gasteiger partial charge in [0.15, 0.2) is 5.84 Å². The van der Waals surface area contributed by atoms with Crippen LogP contribution in [0.2, 0.25) is 0 Å². The van der Waals surface area contributed by atoms with E-state index in [4.69, 9.17) is 5.84 Å². The molecule has 1 aliphatic carbocycles. The van der Waals surface area contributed by atoms with E-state index in [0.717, 1.165) is 5.01 Å². The molecule has 0 aromatic heterocycles. The molecule has 9 heteroatoms. The largest absolute Gasteiger partial charge is 0.401 e. The van der Waals surface area contributed by atoms with Crippen molar-refractivity contribution in [2.45, 2.75) is 36.8 Å². The Morgan fingerprint density at radius 3 is 2.36 bits per heavy atom. The average molecular weight is 333 g/mol. The summed E-state index contributed by atoms with van der Waals surface area (Å²) >= 11 is 0. The zero-order valence-corrected chi connectivity index (χ0v) is 12.3. The highest BCUT2D eigenvalue weighted by Crippen LogP contribution is 2.53. The highest BCUT2D eigenvalue weighted by molar-refractivity contribution is 7.90. The monoisotopic (exact) mass is 333 g/mol. The van der Waals surface area contributed by atoms with Gasteiger partial charge in [0, 0.05) is 0 Å². The van der Waals surface area contributed by atoms with Gasteiger partial charge in [-0.3, -0.25) is 5.01 Å². The normalized spacial score (nSPS) is 23.1. The molecule has 0 saturated heterocycles. The molecule has 120 valence electrons. The molecule has 0 spiro atoms. The van der Waals surface area contributed by atoms with Gasteiger partial charge in [-0.2, -0.15) is 21.6 Å². The van der Waals surface area contributed by atoms with Crippen molar-refractivity contribution in [3.05, 3.63) is 24.3 Å². The SMILES string of the molecule is NN1C(C2(C(F)(F)F)CCCC2)=NS(=O)(=O)c2ccccc21. The topological polar surface area (TPSA) is 75.8 Å². The number of rotatable bonds is 1. The number of fused-ring (bicyclic) bond motifs is 1. The lowest BCUT2D eigenvalue weighted by Gasteiger charge is -2.38. The van der Waals surface area contributed by atoms with Gasteiger partial charge in [0.2, 0.25) is 0 Å². The molecule has 1 fully saturated rings. The van der Waals surface area contributed by atoms with Gasteiger partial charge in [0.1, 0.15) is 10.3 Å². The van der Waals surface area contributed by atoms with Crippen LogP contribution in [0.5, 0.6) is 0 Å². The van der Waals surface area contributed by atoms with Gasteiger partial charge in [-0.25, -0.2) is 5.84 Å². The number of amidine groups is 1. The first kappa shape index (κ1) is 15.3. The van der Waals surface area contributed by atoms with Crippen LogP contribution in [0.3, 0.4) is 0 Å². The van der Waals surface area contributed by atoms with Gasteiger partial charge in [0.25, 0.3) is 10.0 Å². The molecule has 1 aromatic carbocycles. The summed E-state index contributed by atoms with van der Waals surface area (Å²) in [7, 11) is -4.19. The van der Waals surface area contributed by atoms with Crippen molar-refractivity contribution in [3.63, 3.8) is 0 Å². The van der Waals surface area contributed by atoms with Crippen LogP contribution in [-0.4, -0.2) is 20.4 Å². The van der Waals surface area contributed by atoms with Gasteiger partial charge in [0.05, 0.1) is 5.69 Å². The summed E-state index contributed by atoms with van der Waals surface area (Å²) in [5.74, 6) is 5.18. The number of hydrazine groups is 1. The Morgan fingerprint density at radius 2 is 1.77 bits per heavy atom. The summed E-state index contributed by atoms with van der Waals surface area (Å²) in [5, 5.41) is 0.773. The Labute approximate surface area is 125 Å². The minimum Gasteiger partial charge on any atom is -0.263 e. The fraction of sp³-hybridized carbons (Fsp3) is 0.462. The number of benzene rings is 1. The number of nitrogens with zero attached hydrogens (tertiary/aromatic N) is 2. The predicted octanol–water partition coefficient (Wildman–Crippen LogP) is 2.59. The molecule has 1 aromatic rings. The summed E-state index contributed by atoms with van der Waals surface area (Å²) in [6, 6.07) is 5.65. The number of anilines is 1. The summed E-state index contributed by atoms with van der Waals surface area (Å²) < 4.78 is 68.8. The highest BCUT2D eigenvalue weighted by Gasteiger charge is 2.61. The van der Waals surface area contributed by atoms with Crippen molar-refractivity contribution >= 4 is 21.5 Å². The highest BCUT2D eigenvalue weighted by atomic mass is 32.2. The molecular weight excluding hydrogens is 319 g/mol. The van der Waals surface area contributed by atoms with E-state index in [2.05, 4.69) is 4.40 Å². The molecule has 2 aliphatic rings. The van der Waals surface area contributed by atoms with E-state index in [1.54, 1.807) is 0 Å². The van der Waals surface area contributed by atoms with Crippen molar-refractivity contribution in [2.24, 2.45) is 15.7 Å². The summed E-state index contributed by atoms with van der Waals surface area (Å²) in [4.78, 5) is -0.184. The standard InChI is InChI=1S/C13H14F3N3O2S/c14-13(15,16)12(7-3-4-8-12)11-18-22(20,21)10-6-2-1-5-9(10)19(11)17/h1-2,5-6H,3-4,7-8,17H2. The number of halogens is 3. The van der Waals surface area contributed by atoms with E-state index >= 15 is 0 Å². The molecule has 1 saturated carbocycles. The maximum absolute atomic E-state index is 13.6. The van der Waals surface area contributed by atoms with E-state index in [1.807, 2.05) is 0 Å². The first-order valence-corrected chi connectivity index (χ1v) is 8.19. The predicted molar refractivity (Wildman–Crippen MR) is 74.7 cm³/mol. The lowest BCUT2D eigenvalue weighted by molar-refractivity contribution is -0.195. The smallest absolute Gasteiger partial charge is 0.263 e. The van der Waals surface area contributed by atoms with Crippen LogP contribution in [0.4, 0.5) is 18.9 Å². The van der Waals surface area contributed by atoms with Crippen LogP contribution in [-0.2, 0) is 10.0 Å². The summed E-state index contributed by atoms with van der Waals surface area (Å²) in [5.41, 5.74) is -2.29. The zero-order chi connectivity index (χ0) is 16.2.